The summed E-state index contributed by atoms with van der Waals surface area (Å²) in [6, 6.07) is 0. The Morgan fingerprint density at radius 3 is 1.38 bits per heavy atom. The zero-order valence-corrected chi connectivity index (χ0v) is 15.5. The highest BCUT2D eigenvalue weighted by Gasteiger charge is 2.34. The first-order valence-corrected chi connectivity index (χ1v) is 8.19. The lowest BCUT2D eigenvalue weighted by Gasteiger charge is -2.34. The van der Waals surface area contributed by atoms with E-state index < -0.39 is 5.79 Å². The van der Waals surface area contributed by atoms with Gasteiger partial charge in [-0.05, 0) is 59.8 Å². The SMILES string of the molecule is CCC(C)(C)OOC(C)(CCC(C)C)OOC(C)(C)CC. The van der Waals surface area contributed by atoms with Crippen molar-refractivity contribution in [1.29, 1.82) is 0 Å². The molecule has 0 aliphatic heterocycles. The second-order valence-electron chi connectivity index (χ2n) is 7.63. The van der Waals surface area contributed by atoms with Crippen molar-refractivity contribution in [2.45, 2.75) is 105 Å². The summed E-state index contributed by atoms with van der Waals surface area (Å²) in [4.78, 5) is 22.4. The van der Waals surface area contributed by atoms with Gasteiger partial charge in [-0.3, -0.25) is 0 Å². The molecule has 0 rings (SSSR count). The Hall–Kier alpha value is -0.160. The fourth-order valence-electron chi connectivity index (χ4n) is 1.17. The lowest BCUT2D eigenvalue weighted by molar-refractivity contribution is -0.540. The number of rotatable bonds is 11. The third kappa shape index (κ3) is 9.46. The molecule has 0 saturated carbocycles. The molecule has 0 heterocycles. The molecular formula is C17H36O4. The van der Waals surface area contributed by atoms with E-state index in [2.05, 4.69) is 27.7 Å². The molecule has 0 radical (unpaired) electrons. The molecule has 0 amide bonds. The number of hydrogen-bond donors (Lipinski definition) is 0. The molecule has 0 aliphatic rings. The third-order valence-electron chi connectivity index (χ3n) is 3.77. The molecule has 0 fully saturated rings. The van der Waals surface area contributed by atoms with Gasteiger partial charge in [0.2, 0.25) is 5.79 Å². The molecule has 0 N–H and O–H groups in total. The van der Waals surface area contributed by atoms with Crippen LogP contribution in [0.15, 0.2) is 0 Å². The van der Waals surface area contributed by atoms with E-state index in [0.717, 1.165) is 19.3 Å². The molecule has 0 unspecified atom stereocenters. The number of hydrogen-bond acceptors (Lipinski definition) is 4. The summed E-state index contributed by atoms with van der Waals surface area (Å²) < 4.78 is 0. The molecule has 0 bridgehead atoms. The van der Waals surface area contributed by atoms with Crippen LogP contribution in [0.5, 0.6) is 0 Å². The Bertz CT molecular complexity index is 265. The highest BCUT2D eigenvalue weighted by Crippen LogP contribution is 2.28. The fourth-order valence-corrected chi connectivity index (χ4v) is 1.17. The van der Waals surface area contributed by atoms with Gasteiger partial charge in [0.25, 0.3) is 0 Å². The maximum atomic E-state index is 5.63. The summed E-state index contributed by atoms with van der Waals surface area (Å²) in [5, 5.41) is 0. The predicted molar refractivity (Wildman–Crippen MR) is 85.6 cm³/mol. The van der Waals surface area contributed by atoms with E-state index in [9.17, 15) is 0 Å². The topological polar surface area (TPSA) is 36.9 Å². The standard InChI is InChI=1S/C17H36O4/c1-10-15(5,6)18-20-17(9,13-12-14(3)4)21-19-16(7,8)11-2/h14H,10-13H2,1-9H3. The quantitative estimate of drug-likeness (QED) is 0.290. The lowest BCUT2D eigenvalue weighted by Crippen LogP contribution is -2.40. The zero-order chi connectivity index (χ0) is 16.7. The molecular weight excluding hydrogens is 268 g/mol. The van der Waals surface area contributed by atoms with Gasteiger partial charge in [-0.15, -0.1) is 0 Å². The largest absolute Gasteiger partial charge is 0.231 e. The monoisotopic (exact) mass is 304 g/mol. The summed E-state index contributed by atoms with van der Waals surface area (Å²) in [7, 11) is 0. The maximum Gasteiger partial charge on any atom is 0.231 e. The van der Waals surface area contributed by atoms with Crippen LogP contribution >= 0.6 is 0 Å². The van der Waals surface area contributed by atoms with Gasteiger partial charge >= 0.3 is 0 Å². The Labute approximate surface area is 131 Å². The smallest absolute Gasteiger partial charge is 0.228 e. The Morgan fingerprint density at radius 2 is 1.10 bits per heavy atom. The van der Waals surface area contributed by atoms with Gasteiger partial charge in [-0.2, -0.15) is 9.78 Å². The van der Waals surface area contributed by atoms with Crippen LogP contribution in [-0.4, -0.2) is 17.0 Å². The van der Waals surface area contributed by atoms with Gasteiger partial charge in [0.15, 0.2) is 0 Å². The van der Waals surface area contributed by atoms with Crippen molar-refractivity contribution in [2.24, 2.45) is 5.92 Å². The van der Waals surface area contributed by atoms with Gasteiger partial charge in [0, 0.05) is 6.42 Å². The minimum atomic E-state index is -0.900. The second-order valence-corrected chi connectivity index (χ2v) is 7.63. The molecule has 4 heteroatoms. The fraction of sp³-hybridized carbons (Fsp3) is 1.00. The van der Waals surface area contributed by atoms with E-state index in [-0.39, 0.29) is 11.2 Å². The van der Waals surface area contributed by atoms with Gasteiger partial charge in [0.1, 0.15) is 0 Å². The van der Waals surface area contributed by atoms with Crippen molar-refractivity contribution in [2.75, 3.05) is 0 Å². The van der Waals surface area contributed by atoms with Gasteiger partial charge in [-0.25, -0.2) is 9.78 Å². The molecule has 4 nitrogen and oxygen atoms in total. The summed E-state index contributed by atoms with van der Waals surface area (Å²) in [6.07, 6.45) is 3.40. The molecule has 0 saturated heterocycles. The summed E-state index contributed by atoms with van der Waals surface area (Å²) in [5.74, 6) is -0.335. The van der Waals surface area contributed by atoms with Gasteiger partial charge < -0.3 is 0 Å². The third-order valence-corrected chi connectivity index (χ3v) is 3.77. The molecule has 0 aromatic carbocycles. The maximum absolute atomic E-state index is 5.63. The Kier molecular flexibility index (Phi) is 8.40. The summed E-state index contributed by atoms with van der Waals surface area (Å²) in [6.45, 7) is 18.3. The normalized spacial score (nSPS) is 14.0. The minimum absolute atomic E-state index is 0.345. The zero-order valence-electron chi connectivity index (χ0n) is 15.5. The average Bonchev–Trinajstić information content (AvgIpc) is 2.41. The first-order valence-electron chi connectivity index (χ1n) is 8.19. The van der Waals surface area contributed by atoms with E-state index in [0.29, 0.717) is 12.3 Å². The van der Waals surface area contributed by atoms with E-state index >= 15 is 0 Å². The molecule has 0 aromatic heterocycles. The van der Waals surface area contributed by atoms with Crippen LogP contribution in [0.3, 0.4) is 0 Å². The van der Waals surface area contributed by atoms with Crippen molar-refractivity contribution in [3.63, 3.8) is 0 Å². The van der Waals surface area contributed by atoms with Crippen molar-refractivity contribution >= 4 is 0 Å². The van der Waals surface area contributed by atoms with Crippen LogP contribution in [0.2, 0.25) is 0 Å². The van der Waals surface area contributed by atoms with Crippen molar-refractivity contribution in [1.82, 2.24) is 0 Å². The van der Waals surface area contributed by atoms with Gasteiger partial charge in [0.05, 0.1) is 11.2 Å². The van der Waals surface area contributed by atoms with E-state index in [1.165, 1.54) is 0 Å². The van der Waals surface area contributed by atoms with Crippen LogP contribution in [0.25, 0.3) is 0 Å². The van der Waals surface area contributed by atoms with Crippen molar-refractivity contribution < 1.29 is 19.6 Å². The molecule has 128 valence electrons. The van der Waals surface area contributed by atoms with Crippen LogP contribution in [0, 0.1) is 5.92 Å². The van der Waals surface area contributed by atoms with Crippen molar-refractivity contribution in [3.8, 4) is 0 Å². The Morgan fingerprint density at radius 1 is 0.714 bits per heavy atom. The van der Waals surface area contributed by atoms with Crippen LogP contribution in [0.1, 0.15) is 88.0 Å². The average molecular weight is 304 g/mol. The van der Waals surface area contributed by atoms with E-state index in [4.69, 9.17) is 19.6 Å². The second kappa shape index (κ2) is 8.47. The molecule has 0 aliphatic carbocycles. The van der Waals surface area contributed by atoms with Crippen molar-refractivity contribution in [3.05, 3.63) is 0 Å². The van der Waals surface area contributed by atoms with Gasteiger partial charge in [-0.1, -0.05) is 27.7 Å². The van der Waals surface area contributed by atoms with Crippen LogP contribution < -0.4 is 0 Å². The minimum Gasteiger partial charge on any atom is -0.228 e. The molecule has 0 spiro atoms. The molecule has 21 heavy (non-hydrogen) atoms. The van der Waals surface area contributed by atoms with Crippen LogP contribution in [-0.2, 0) is 19.6 Å². The Balaban J connectivity index is 4.68. The van der Waals surface area contributed by atoms with Crippen LogP contribution in [0.4, 0.5) is 0 Å². The first kappa shape index (κ1) is 20.8. The first-order chi connectivity index (χ1) is 9.45. The van der Waals surface area contributed by atoms with E-state index in [1.807, 2.05) is 34.6 Å². The highest BCUT2D eigenvalue weighted by atomic mass is 17.3. The molecule has 0 atom stereocenters. The summed E-state index contributed by atoms with van der Waals surface area (Å²) >= 11 is 0. The molecule has 0 aromatic rings. The highest BCUT2D eigenvalue weighted by molar-refractivity contribution is 4.67. The lowest BCUT2D eigenvalue weighted by atomic mass is 10.0. The predicted octanol–water partition coefficient (Wildman–Crippen LogP) is 5.41. The summed E-state index contributed by atoms with van der Waals surface area (Å²) in [5.41, 5.74) is -0.689. The van der Waals surface area contributed by atoms with E-state index in [1.54, 1.807) is 0 Å².